The van der Waals surface area contributed by atoms with Crippen molar-refractivity contribution in [2.45, 2.75) is 71.3 Å². The molecule has 9 nitrogen and oxygen atoms in total. The first-order chi connectivity index (χ1) is 21.8. The van der Waals surface area contributed by atoms with Crippen LogP contribution in [0.25, 0.3) is 0 Å². The SMILES string of the molecule is CCCCCCCOc1ccc(C(=O)Oc2ccc(CC(NC(=O)c3ccc(NC(=O)C4CC4)cc3)C(C)=O)cc2OC)cc1. The van der Waals surface area contributed by atoms with Gasteiger partial charge in [0.05, 0.1) is 25.3 Å². The molecule has 2 N–H and O–H groups in total. The summed E-state index contributed by atoms with van der Waals surface area (Å²) < 4.78 is 16.9. The van der Waals surface area contributed by atoms with Crippen LogP contribution in [-0.2, 0) is 16.0 Å². The molecule has 45 heavy (non-hydrogen) atoms. The van der Waals surface area contributed by atoms with Gasteiger partial charge in [0.15, 0.2) is 17.3 Å². The Morgan fingerprint density at radius 1 is 0.844 bits per heavy atom. The molecule has 0 bridgehead atoms. The second-order valence-electron chi connectivity index (χ2n) is 11.3. The second-order valence-corrected chi connectivity index (χ2v) is 11.3. The quantitative estimate of drug-likeness (QED) is 0.101. The van der Waals surface area contributed by atoms with Crippen LogP contribution in [0.2, 0.25) is 0 Å². The molecule has 0 heterocycles. The highest BCUT2D eigenvalue weighted by molar-refractivity contribution is 5.99. The Morgan fingerprint density at radius 2 is 1.53 bits per heavy atom. The van der Waals surface area contributed by atoms with E-state index in [0.717, 1.165) is 25.7 Å². The molecule has 4 rings (SSSR count). The van der Waals surface area contributed by atoms with E-state index in [-0.39, 0.29) is 29.8 Å². The van der Waals surface area contributed by atoms with Gasteiger partial charge >= 0.3 is 5.97 Å². The molecule has 9 heteroatoms. The zero-order valence-electron chi connectivity index (χ0n) is 26.2. The Balaban J connectivity index is 1.31. The van der Waals surface area contributed by atoms with Gasteiger partial charge in [0.25, 0.3) is 5.91 Å². The van der Waals surface area contributed by atoms with Gasteiger partial charge in [0.1, 0.15) is 5.75 Å². The minimum Gasteiger partial charge on any atom is -0.494 e. The van der Waals surface area contributed by atoms with Crippen LogP contribution in [0.3, 0.4) is 0 Å². The molecule has 1 saturated carbocycles. The fourth-order valence-corrected chi connectivity index (χ4v) is 4.73. The molecule has 1 aliphatic carbocycles. The van der Waals surface area contributed by atoms with E-state index in [1.54, 1.807) is 66.7 Å². The van der Waals surface area contributed by atoms with Crippen molar-refractivity contribution < 1.29 is 33.4 Å². The number of hydrogen-bond donors (Lipinski definition) is 2. The average molecular weight is 615 g/mol. The molecular weight excluding hydrogens is 572 g/mol. The van der Waals surface area contributed by atoms with Gasteiger partial charge in [0, 0.05) is 17.2 Å². The summed E-state index contributed by atoms with van der Waals surface area (Å²) in [6.07, 6.45) is 7.81. The first-order valence-corrected chi connectivity index (χ1v) is 15.6. The maximum absolute atomic E-state index is 12.9. The fraction of sp³-hybridized carbons (Fsp3) is 0.389. The third kappa shape index (κ3) is 10.2. The van der Waals surface area contributed by atoms with Gasteiger partial charge in [-0.1, -0.05) is 38.7 Å². The maximum Gasteiger partial charge on any atom is 0.343 e. The lowest BCUT2D eigenvalue weighted by Gasteiger charge is -2.17. The molecule has 238 valence electrons. The smallest absolute Gasteiger partial charge is 0.343 e. The number of benzene rings is 3. The predicted molar refractivity (Wildman–Crippen MR) is 172 cm³/mol. The molecule has 2 amide bonds. The van der Waals surface area contributed by atoms with Crippen LogP contribution in [0.1, 0.15) is 85.1 Å². The summed E-state index contributed by atoms with van der Waals surface area (Å²) in [5.41, 5.74) is 2.07. The Hall–Kier alpha value is -4.66. The lowest BCUT2D eigenvalue weighted by Crippen LogP contribution is -2.41. The summed E-state index contributed by atoms with van der Waals surface area (Å²) in [6.45, 7) is 4.24. The van der Waals surface area contributed by atoms with Gasteiger partial charge in [-0.25, -0.2) is 4.79 Å². The molecule has 3 aromatic carbocycles. The van der Waals surface area contributed by atoms with Crippen molar-refractivity contribution >= 4 is 29.3 Å². The number of esters is 1. The summed E-state index contributed by atoms with van der Waals surface area (Å²) in [4.78, 5) is 50.2. The van der Waals surface area contributed by atoms with E-state index in [9.17, 15) is 19.2 Å². The number of methoxy groups -OCH3 is 1. The van der Waals surface area contributed by atoms with E-state index in [1.807, 2.05) is 0 Å². The monoisotopic (exact) mass is 614 g/mol. The number of amides is 2. The molecule has 1 unspecified atom stereocenters. The van der Waals surface area contributed by atoms with Crippen molar-refractivity contribution in [2.24, 2.45) is 5.92 Å². The molecule has 0 saturated heterocycles. The summed E-state index contributed by atoms with van der Waals surface area (Å²) in [6, 6.07) is 17.6. The Bertz CT molecular complexity index is 1460. The van der Waals surface area contributed by atoms with E-state index in [4.69, 9.17) is 14.2 Å². The molecule has 0 spiro atoms. The largest absolute Gasteiger partial charge is 0.494 e. The minimum atomic E-state index is -0.790. The summed E-state index contributed by atoms with van der Waals surface area (Å²) in [7, 11) is 1.46. The Kier molecular flexibility index (Phi) is 12.1. The van der Waals surface area contributed by atoms with E-state index >= 15 is 0 Å². The zero-order valence-corrected chi connectivity index (χ0v) is 26.2. The van der Waals surface area contributed by atoms with Crippen molar-refractivity contribution in [3.05, 3.63) is 83.4 Å². The first kappa shape index (κ1) is 33.2. The van der Waals surface area contributed by atoms with Crippen LogP contribution in [0.4, 0.5) is 5.69 Å². The molecule has 3 aromatic rings. The normalized spacial score (nSPS) is 13.0. The average Bonchev–Trinajstić information content (AvgIpc) is 3.89. The minimum absolute atomic E-state index is 0.0112. The van der Waals surface area contributed by atoms with Gasteiger partial charge in [-0.3, -0.25) is 14.4 Å². The number of unbranched alkanes of at least 4 members (excludes halogenated alkanes) is 4. The lowest BCUT2D eigenvalue weighted by atomic mass is 10.0. The van der Waals surface area contributed by atoms with Crippen LogP contribution in [0.15, 0.2) is 66.7 Å². The number of carbonyl (C=O) groups is 4. The van der Waals surface area contributed by atoms with Crippen LogP contribution in [0, 0.1) is 5.92 Å². The zero-order chi connectivity index (χ0) is 32.2. The highest BCUT2D eigenvalue weighted by Gasteiger charge is 2.29. The van der Waals surface area contributed by atoms with Crippen LogP contribution >= 0.6 is 0 Å². The number of hydrogen-bond acceptors (Lipinski definition) is 7. The van der Waals surface area contributed by atoms with Crippen LogP contribution in [0.5, 0.6) is 17.2 Å². The molecular formula is C36H42N2O7. The number of Topliss-reactive ketones (excluding diaryl/α,β-unsaturated/α-hetero) is 1. The highest BCUT2D eigenvalue weighted by atomic mass is 16.6. The third-order valence-electron chi connectivity index (χ3n) is 7.64. The van der Waals surface area contributed by atoms with E-state index < -0.39 is 17.9 Å². The van der Waals surface area contributed by atoms with Crippen LogP contribution < -0.4 is 24.8 Å². The number of anilines is 1. The first-order valence-electron chi connectivity index (χ1n) is 15.6. The fourth-order valence-electron chi connectivity index (χ4n) is 4.73. The predicted octanol–water partition coefficient (Wildman–Crippen LogP) is 6.54. The number of nitrogens with one attached hydrogen (secondary N) is 2. The number of rotatable bonds is 17. The van der Waals surface area contributed by atoms with Crippen molar-refractivity contribution in [2.75, 3.05) is 19.0 Å². The molecule has 1 fully saturated rings. The van der Waals surface area contributed by atoms with Gasteiger partial charge in [-0.05, 0) is 98.8 Å². The standard InChI is InChI=1S/C36H42N2O7/c1-4-5-6-7-8-21-44-30-18-14-28(15-19-30)36(42)45-32-20-9-25(23-33(32)43-3)22-31(24(2)39)38-35(41)27-12-16-29(17-13-27)37-34(40)26-10-11-26/h9,12-20,23,26,31H,4-8,10-11,21-22H2,1-3H3,(H,37,40)(H,38,41). The second kappa shape index (κ2) is 16.4. The van der Waals surface area contributed by atoms with Gasteiger partial charge in [-0.15, -0.1) is 0 Å². The van der Waals surface area contributed by atoms with Gasteiger partial charge < -0.3 is 24.8 Å². The van der Waals surface area contributed by atoms with E-state index in [0.29, 0.717) is 40.5 Å². The number of ketones is 1. The molecule has 0 aliphatic heterocycles. The number of ether oxygens (including phenoxy) is 3. The summed E-state index contributed by atoms with van der Waals surface area (Å²) in [5, 5.41) is 5.63. The van der Waals surface area contributed by atoms with Crippen molar-refractivity contribution in [3.63, 3.8) is 0 Å². The summed E-state index contributed by atoms with van der Waals surface area (Å²) >= 11 is 0. The third-order valence-corrected chi connectivity index (χ3v) is 7.64. The van der Waals surface area contributed by atoms with E-state index in [1.165, 1.54) is 33.3 Å². The van der Waals surface area contributed by atoms with Gasteiger partial charge in [-0.2, -0.15) is 0 Å². The van der Waals surface area contributed by atoms with Gasteiger partial charge in [0.2, 0.25) is 5.91 Å². The highest BCUT2D eigenvalue weighted by Crippen LogP contribution is 2.31. The maximum atomic E-state index is 12.9. The van der Waals surface area contributed by atoms with Crippen LogP contribution in [-0.4, -0.2) is 43.3 Å². The molecule has 1 aliphatic rings. The molecule has 0 radical (unpaired) electrons. The topological polar surface area (TPSA) is 120 Å². The molecule has 0 aromatic heterocycles. The van der Waals surface area contributed by atoms with Crippen molar-refractivity contribution in [1.29, 1.82) is 0 Å². The Morgan fingerprint density at radius 3 is 2.18 bits per heavy atom. The van der Waals surface area contributed by atoms with Crippen molar-refractivity contribution in [3.8, 4) is 17.2 Å². The lowest BCUT2D eigenvalue weighted by molar-refractivity contribution is -0.119. The summed E-state index contributed by atoms with van der Waals surface area (Å²) in [5.74, 6) is 0.160. The van der Waals surface area contributed by atoms with E-state index in [2.05, 4.69) is 17.6 Å². The molecule has 1 atom stereocenters. The number of carbonyl (C=O) groups excluding carboxylic acids is 4. The van der Waals surface area contributed by atoms with Crippen molar-refractivity contribution in [1.82, 2.24) is 5.32 Å². The Labute approximate surface area is 264 Å².